The first-order valence-corrected chi connectivity index (χ1v) is 8.34. The van der Waals surface area contributed by atoms with Crippen LogP contribution in [0.25, 0.3) is 22.5 Å². The quantitative estimate of drug-likeness (QED) is 0.576. The van der Waals surface area contributed by atoms with Gasteiger partial charge in [0.1, 0.15) is 23.1 Å². The molecule has 0 aliphatic rings. The van der Waals surface area contributed by atoms with Crippen LogP contribution in [-0.2, 0) is 6.18 Å². The fraction of sp³-hybridized carbons (Fsp3) is 0.158. The molecule has 0 spiro atoms. The van der Waals surface area contributed by atoms with E-state index in [1.807, 2.05) is 0 Å². The van der Waals surface area contributed by atoms with Crippen molar-refractivity contribution < 1.29 is 22.3 Å². The number of benzene rings is 2. The van der Waals surface area contributed by atoms with E-state index in [1.165, 1.54) is 7.11 Å². The summed E-state index contributed by atoms with van der Waals surface area (Å²) >= 11 is 6.14. The van der Waals surface area contributed by atoms with E-state index in [9.17, 15) is 17.6 Å². The van der Waals surface area contributed by atoms with Crippen LogP contribution in [0.4, 0.5) is 23.2 Å². The zero-order valence-electron chi connectivity index (χ0n) is 14.7. The van der Waals surface area contributed by atoms with E-state index >= 15 is 0 Å². The van der Waals surface area contributed by atoms with Gasteiger partial charge in [-0.25, -0.2) is 14.4 Å². The summed E-state index contributed by atoms with van der Waals surface area (Å²) in [7, 11) is 1.47. The Balaban J connectivity index is 2.16. The van der Waals surface area contributed by atoms with Crippen LogP contribution >= 0.6 is 11.6 Å². The third kappa shape index (κ3) is 3.73. The predicted molar refractivity (Wildman–Crippen MR) is 98.6 cm³/mol. The Bertz CT molecular complexity index is 1050. The number of rotatable bonds is 3. The minimum absolute atomic E-state index is 0.000616. The number of nitrogen functional groups attached to an aromatic ring is 1. The lowest BCUT2D eigenvalue weighted by atomic mass is 10.0. The third-order valence-electron chi connectivity index (χ3n) is 4.03. The summed E-state index contributed by atoms with van der Waals surface area (Å²) < 4.78 is 57.9. The molecule has 0 bridgehead atoms. The van der Waals surface area contributed by atoms with Crippen molar-refractivity contribution in [3.8, 4) is 28.3 Å². The van der Waals surface area contributed by atoms with Crippen molar-refractivity contribution in [3.05, 3.63) is 58.6 Å². The lowest BCUT2D eigenvalue weighted by Gasteiger charge is -2.14. The lowest BCUT2D eigenvalue weighted by Crippen LogP contribution is -2.07. The Hall–Kier alpha value is -2.87. The van der Waals surface area contributed by atoms with E-state index in [4.69, 9.17) is 22.1 Å². The molecule has 1 heterocycles. The summed E-state index contributed by atoms with van der Waals surface area (Å²) in [6, 6.07) is 7.05. The summed E-state index contributed by atoms with van der Waals surface area (Å²) in [6.45, 7) is 1.57. The molecule has 4 nitrogen and oxygen atoms in total. The number of alkyl halides is 3. The molecule has 0 unspecified atom stereocenters. The highest BCUT2D eigenvalue weighted by molar-refractivity contribution is 6.32. The minimum Gasteiger partial charge on any atom is -0.495 e. The van der Waals surface area contributed by atoms with E-state index in [0.29, 0.717) is 22.4 Å². The Kier molecular flexibility index (Phi) is 5.16. The van der Waals surface area contributed by atoms with E-state index in [1.54, 1.807) is 25.1 Å². The van der Waals surface area contributed by atoms with Gasteiger partial charge in [-0.2, -0.15) is 13.2 Å². The second kappa shape index (κ2) is 7.27. The number of aryl methyl sites for hydroxylation is 1. The average molecular weight is 412 g/mol. The van der Waals surface area contributed by atoms with Crippen LogP contribution < -0.4 is 10.5 Å². The normalized spacial score (nSPS) is 11.5. The van der Waals surface area contributed by atoms with Gasteiger partial charge in [-0.3, -0.25) is 0 Å². The number of ether oxygens (including phenoxy) is 1. The number of hydrogen-bond donors (Lipinski definition) is 1. The first kappa shape index (κ1) is 19.9. The van der Waals surface area contributed by atoms with Gasteiger partial charge in [0, 0.05) is 11.1 Å². The molecule has 2 N–H and O–H groups in total. The van der Waals surface area contributed by atoms with E-state index in [0.717, 1.165) is 12.1 Å². The SMILES string of the molecule is COc1ccc(-c2nc(C)nc(-c3ccc(C(F)(F)F)cc3F)c2N)cc1Cl. The maximum atomic E-state index is 14.4. The van der Waals surface area contributed by atoms with Crippen molar-refractivity contribution in [2.75, 3.05) is 12.8 Å². The molecule has 0 radical (unpaired) electrons. The van der Waals surface area contributed by atoms with Crippen LogP contribution in [0, 0.1) is 12.7 Å². The molecule has 0 amide bonds. The molecule has 3 rings (SSSR count). The van der Waals surface area contributed by atoms with Crippen LogP contribution in [-0.4, -0.2) is 17.1 Å². The van der Waals surface area contributed by atoms with Crippen LogP contribution in [0.2, 0.25) is 5.02 Å². The Morgan fingerprint density at radius 1 is 1.04 bits per heavy atom. The van der Waals surface area contributed by atoms with Crippen molar-refractivity contribution >= 4 is 17.3 Å². The van der Waals surface area contributed by atoms with E-state index in [-0.39, 0.29) is 28.5 Å². The van der Waals surface area contributed by atoms with Crippen molar-refractivity contribution in [3.63, 3.8) is 0 Å². The van der Waals surface area contributed by atoms with Crippen LogP contribution in [0.1, 0.15) is 11.4 Å². The first-order chi connectivity index (χ1) is 13.1. The maximum Gasteiger partial charge on any atom is 0.416 e. The van der Waals surface area contributed by atoms with Gasteiger partial charge in [0.05, 0.1) is 29.1 Å². The molecular weight excluding hydrogens is 398 g/mol. The highest BCUT2D eigenvalue weighted by atomic mass is 35.5. The number of methoxy groups -OCH3 is 1. The molecule has 0 saturated carbocycles. The Labute approximate surface area is 162 Å². The lowest BCUT2D eigenvalue weighted by molar-refractivity contribution is -0.137. The number of nitrogens with zero attached hydrogens (tertiary/aromatic N) is 2. The number of halogens is 5. The highest BCUT2D eigenvalue weighted by Gasteiger charge is 2.31. The number of anilines is 1. The zero-order chi connectivity index (χ0) is 20.6. The van der Waals surface area contributed by atoms with Gasteiger partial charge in [-0.1, -0.05) is 11.6 Å². The molecule has 0 aliphatic carbocycles. The van der Waals surface area contributed by atoms with Gasteiger partial charge in [0.2, 0.25) is 0 Å². The van der Waals surface area contributed by atoms with Crippen LogP contribution in [0.15, 0.2) is 36.4 Å². The predicted octanol–water partition coefficient (Wildman–Crippen LogP) is 5.52. The molecular formula is C19H14ClF4N3O. The molecule has 146 valence electrons. The van der Waals surface area contributed by atoms with Crippen molar-refractivity contribution in [1.82, 2.24) is 9.97 Å². The maximum absolute atomic E-state index is 14.4. The summed E-state index contributed by atoms with van der Waals surface area (Å²) in [5.41, 5.74) is 5.72. The van der Waals surface area contributed by atoms with E-state index in [2.05, 4.69) is 9.97 Å². The third-order valence-corrected chi connectivity index (χ3v) is 4.33. The molecule has 1 aromatic heterocycles. The van der Waals surface area contributed by atoms with Gasteiger partial charge in [-0.15, -0.1) is 0 Å². The van der Waals surface area contributed by atoms with Crippen LogP contribution in [0.3, 0.4) is 0 Å². The van der Waals surface area contributed by atoms with Gasteiger partial charge < -0.3 is 10.5 Å². The van der Waals surface area contributed by atoms with Gasteiger partial charge in [0.15, 0.2) is 0 Å². The molecule has 0 atom stereocenters. The molecule has 2 aromatic carbocycles. The summed E-state index contributed by atoms with van der Waals surface area (Å²) in [5.74, 6) is -0.368. The summed E-state index contributed by atoms with van der Waals surface area (Å²) in [5, 5.41) is 0.318. The fourth-order valence-electron chi connectivity index (χ4n) is 2.70. The standard InChI is InChI=1S/C19H14ClF4N3O/c1-9-26-17(10-3-6-15(28-2)13(20)7-10)16(25)18(27-9)12-5-4-11(8-14(12)21)19(22,23)24/h3-8H,25H2,1-2H3. The first-order valence-electron chi connectivity index (χ1n) is 7.97. The molecule has 0 aliphatic heterocycles. The summed E-state index contributed by atoms with van der Waals surface area (Å²) in [4.78, 5) is 8.40. The van der Waals surface area contributed by atoms with Gasteiger partial charge in [0.25, 0.3) is 0 Å². The topological polar surface area (TPSA) is 61.0 Å². The second-order valence-corrected chi connectivity index (χ2v) is 6.33. The second-order valence-electron chi connectivity index (χ2n) is 5.92. The van der Waals surface area contributed by atoms with Crippen molar-refractivity contribution in [2.24, 2.45) is 0 Å². The van der Waals surface area contributed by atoms with Crippen molar-refractivity contribution in [2.45, 2.75) is 13.1 Å². The average Bonchev–Trinajstić information content (AvgIpc) is 2.62. The van der Waals surface area contributed by atoms with Crippen LogP contribution in [0.5, 0.6) is 5.75 Å². The Morgan fingerprint density at radius 2 is 1.71 bits per heavy atom. The van der Waals surface area contributed by atoms with Gasteiger partial charge >= 0.3 is 6.18 Å². The molecule has 3 aromatic rings. The molecule has 9 heteroatoms. The number of hydrogen-bond acceptors (Lipinski definition) is 4. The molecule has 0 saturated heterocycles. The fourth-order valence-corrected chi connectivity index (χ4v) is 2.96. The van der Waals surface area contributed by atoms with Crippen molar-refractivity contribution in [1.29, 1.82) is 0 Å². The largest absolute Gasteiger partial charge is 0.495 e. The Morgan fingerprint density at radius 3 is 2.29 bits per heavy atom. The molecule has 0 fully saturated rings. The zero-order valence-corrected chi connectivity index (χ0v) is 15.5. The number of aromatic nitrogens is 2. The number of nitrogens with two attached hydrogens (primary N) is 1. The minimum atomic E-state index is -4.66. The summed E-state index contributed by atoms with van der Waals surface area (Å²) in [6.07, 6.45) is -4.66. The van der Waals surface area contributed by atoms with Gasteiger partial charge in [-0.05, 0) is 43.3 Å². The van der Waals surface area contributed by atoms with E-state index < -0.39 is 17.6 Å². The highest BCUT2D eigenvalue weighted by Crippen LogP contribution is 2.38. The smallest absolute Gasteiger partial charge is 0.416 e. The molecule has 28 heavy (non-hydrogen) atoms. The monoisotopic (exact) mass is 411 g/mol.